The van der Waals surface area contributed by atoms with Crippen LogP contribution >= 0.6 is 22.6 Å². The lowest BCUT2D eigenvalue weighted by Crippen LogP contribution is -2.26. The summed E-state index contributed by atoms with van der Waals surface area (Å²) in [6.45, 7) is 6.64. The smallest absolute Gasteiger partial charge is 0.222 e. The fraction of sp³-hybridized carbons (Fsp3) is 0.636. The molecule has 0 aliphatic carbocycles. The molecule has 84 valence electrons. The van der Waals surface area contributed by atoms with Gasteiger partial charge in [-0.3, -0.25) is 0 Å². The molecule has 1 heterocycles. The Bertz CT molecular complexity index is 282. The molecule has 0 aromatic carbocycles. The average molecular weight is 319 g/mol. The van der Waals surface area contributed by atoms with Crippen LogP contribution in [0.4, 0.5) is 5.95 Å². The minimum atomic E-state index is 0.431. The first-order valence-electron chi connectivity index (χ1n) is 5.41. The summed E-state index contributed by atoms with van der Waals surface area (Å²) in [5.74, 6) is 1.42. The second kappa shape index (κ2) is 6.25. The molecule has 0 aliphatic heterocycles. The minimum absolute atomic E-state index is 0.431. The van der Waals surface area contributed by atoms with E-state index in [9.17, 15) is 0 Å². The van der Waals surface area contributed by atoms with E-state index in [4.69, 9.17) is 0 Å². The van der Waals surface area contributed by atoms with Crippen molar-refractivity contribution >= 4 is 28.5 Å². The van der Waals surface area contributed by atoms with Crippen LogP contribution in [-0.2, 0) is 0 Å². The highest BCUT2D eigenvalue weighted by atomic mass is 127. The highest BCUT2D eigenvalue weighted by Gasteiger charge is 2.13. The Kier molecular flexibility index (Phi) is 5.28. The molecule has 0 spiro atoms. The molecule has 15 heavy (non-hydrogen) atoms. The van der Waals surface area contributed by atoms with Gasteiger partial charge in [-0.2, -0.15) is 0 Å². The van der Waals surface area contributed by atoms with Crippen molar-refractivity contribution in [3.63, 3.8) is 0 Å². The third-order valence-corrected chi connectivity index (χ3v) is 3.29. The van der Waals surface area contributed by atoms with E-state index in [0.29, 0.717) is 12.0 Å². The molecule has 1 N–H and O–H groups in total. The van der Waals surface area contributed by atoms with Gasteiger partial charge in [0.1, 0.15) is 0 Å². The predicted octanol–water partition coefficient (Wildman–Crippen LogP) is 3.32. The monoisotopic (exact) mass is 319 g/mol. The molecule has 1 aromatic rings. The lowest BCUT2D eigenvalue weighted by molar-refractivity contribution is 0.436. The van der Waals surface area contributed by atoms with Crippen molar-refractivity contribution in [1.82, 2.24) is 9.97 Å². The Hall–Kier alpha value is -0.390. The summed E-state index contributed by atoms with van der Waals surface area (Å²) in [5, 5.41) is 3.35. The molecule has 0 saturated carbocycles. The SMILES string of the molecule is CCC(CC)C(C)Nc1ncc(I)cn1. The first kappa shape index (κ1) is 12.7. The number of hydrogen-bond acceptors (Lipinski definition) is 3. The summed E-state index contributed by atoms with van der Waals surface area (Å²) in [7, 11) is 0. The fourth-order valence-electron chi connectivity index (χ4n) is 1.70. The molecule has 4 heteroatoms. The highest BCUT2D eigenvalue weighted by molar-refractivity contribution is 14.1. The molecule has 0 amide bonds. The van der Waals surface area contributed by atoms with Gasteiger partial charge in [0.25, 0.3) is 0 Å². The van der Waals surface area contributed by atoms with Crippen molar-refractivity contribution in [2.24, 2.45) is 5.92 Å². The van der Waals surface area contributed by atoms with Crippen LogP contribution in [0.3, 0.4) is 0 Å². The molecule has 0 saturated heterocycles. The maximum Gasteiger partial charge on any atom is 0.222 e. The van der Waals surface area contributed by atoms with E-state index in [0.717, 1.165) is 9.52 Å². The lowest BCUT2D eigenvalue weighted by atomic mass is 9.96. The number of aromatic nitrogens is 2. The third kappa shape index (κ3) is 3.93. The van der Waals surface area contributed by atoms with Crippen LogP contribution in [-0.4, -0.2) is 16.0 Å². The van der Waals surface area contributed by atoms with E-state index < -0.39 is 0 Å². The van der Waals surface area contributed by atoms with Crippen molar-refractivity contribution in [1.29, 1.82) is 0 Å². The van der Waals surface area contributed by atoms with Crippen LogP contribution in [0.15, 0.2) is 12.4 Å². The maximum atomic E-state index is 4.24. The normalized spacial score (nSPS) is 12.9. The summed E-state index contributed by atoms with van der Waals surface area (Å²) in [6, 6.07) is 0.431. The molecule has 1 rings (SSSR count). The van der Waals surface area contributed by atoms with E-state index in [1.54, 1.807) is 0 Å². The third-order valence-electron chi connectivity index (χ3n) is 2.73. The van der Waals surface area contributed by atoms with Gasteiger partial charge in [-0.05, 0) is 35.4 Å². The van der Waals surface area contributed by atoms with Crippen LogP contribution in [0.5, 0.6) is 0 Å². The van der Waals surface area contributed by atoms with Crippen molar-refractivity contribution < 1.29 is 0 Å². The Morgan fingerprint density at radius 1 is 1.27 bits per heavy atom. The van der Waals surface area contributed by atoms with E-state index >= 15 is 0 Å². The van der Waals surface area contributed by atoms with Crippen molar-refractivity contribution in [3.05, 3.63) is 16.0 Å². The number of nitrogens with zero attached hydrogens (tertiary/aromatic N) is 2. The van der Waals surface area contributed by atoms with Gasteiger partial charge in [0.15, 0.2) is 0 Å². The molecular formula is C11H18IN3. The van der Waals surface area contributed by atoms with E-state index in [1.165, 1.54) is 12.8 Å². The van der Waals surface area contributed by atoms with Gasteiger partial charge < -0.3 is 5.32 Å². The zero-order valence-corrected chi connectivity index (χ0v) is 11.7. The molecule has 0 bridgehead atoms. The van der Waals surface area contributed by atoms with Crippen molar-refractivity contribution in [2.75, 3.05) is 5.32 Å². The fourth-order valence-corrected chi connectivity index (χ4v) is 1.98. The molecule has 0 radical (unpaired) electrons. The number of rotatable bonds is 5. The first-order chi connectivity index (χ1) is 7.17. The van der Waals surface area contributed by atoms with Crippen LogP contribution in [0.25, 0.3) is 0 Å². The molecule has 3 nitrogen and oxygen atoms in total. The summed E-state index contributed by atoms with van der Waals surface area (Å²) < 4.78 is 1.06. The van der Waals surface area contributed by atoms with Crippen molar-refractivity contribution in [3.8, 4) is 0 Å². The number of hydrogen-bond donors (Lipinski definition) is 1. The van der Waals surface area contributed by atoms with Crippen LogP contribution in [0.1, 0.15) is 33.6 Å². The largest absolute Gasteiger partial charge is 0.351 e. The second-order valence-electron chi connectivity index (χ2n) is 3.73. The van der Waals surface area contributed by atoms with Gasteiger partial charge >= 0.3 is 0 Å². The van der Waals surface area contributed by atoms with Crippen LogP contribution in [0.2, 0.25) is 0 Å². The van der Waals surface area contributed by atoms with Gasteiger partial charge in [-0.1, -0.05) is 26.7 Å². The maximum absolute atomic E-state index is 4.24. The first-order valence-corrected chi connectivity index (χ1v) is 6.49. The van der Waals surface area contributed by atoms with E-state index in [-0.39, 0.29) is 0 Å². The number of nitrogens with one attached hydrogen (secondary N) is 1. The lowest BCUT2D eigenvalue weighted by Gasteiger charge is -2.22. The summed E-state index contributed by atoms with van der Waals surface area (Å²) in [5.41, 5.74) is 0. The highest BCUT2D eigenvalue weighted by Crippen LogP contribution is 2.15. The van der Waals surface area contributed by atoms with Gasteiger partial charge in [-0.15, -0.1) is 0 Å². The van der Waals surface area contributed by atoms with E-state index in [1.807, 2.05) is 12.4 Å². The molecule has 1 atom stereocenters. The number of halogens is 1. The topological polar surface area (TPSA) is 37.8 Å². The molecule has 1 unspecified atom stereocenters. The molecular weight excluding hydrogens is 301 g/mol. The zero-order valence-electron chi connectivity index (χ0n) is 9.50. The Morgan fingerprint density at radius 2 is 1.80 bits per heavy atom. The second-order valence-corrected chi connectivity index (χ2v) is 4.98. The van der Waals surface area contributed by atoms with E-state index in [2.05, 4.69) is 58.6 Å². The Balaban J connectivity index is 2.57. The molecule has 1 aromatic heterocycles. The van der Waals surface area contributed by atoms with Gasteiger partial charge in [0.2, 0.25) is 5.95 Å². The van der Waals surface area contributed by atoms with Gasteiger partial charge in [0, 0.05) is 22.0 Å². The van der Waals surface area contributed by atoms with Gasteiger partial charge in [0.05, 0.1) is 0 Å². The summed E-state index contributed by atoms with van der Waals surface area (Å²) in [4.78, 5) is 8.48. The quantitative estimate of drug-likeness (QED) is 0.846. The van der Waals surface area contributed by atoms with Gasteiger partial charge in [-0.25, -0.2) is 9.97 Å². The minimum Gasteiger partial charge on any atom is -0.351 e. The predicted molar refractivity (Wildman–Crippen MR) is 71.9 cm³/mol. The average Bonchev–Trinajstić information content (AvgIpc) is 2.23. The summed E-state index contributed by atoms with van der Waals surface area (Å²) >= 11 is 2.21. The molecule has 0 aliphatic rings. The Morgan fingerprint density at radius 3 is 2.27 bits per heavy atom. The molecule has 0 fully saturated rings. The van der Waals surface area contributed by atoms with Crippen molar-refractivity contribution in [2.45, 2.75) is 39.7 Å². The van der Waals surface area contributed by atoms with Crippen LogP contribution in [0, 0.1) is 9.49 Å². The Labute approximate surface area is 105 Å². The van der Waals surface area contributed by atoms with Crippen LogP contribution < -0.4 is 5.32 Å². The summed E-state index contributed by atoms with van der Waals surface area (Å²) in [6.07, 6.45) is 6.04. The number of anilines is 1. The standard InChI is InChI=1S/C11H18IN3/c1-4-9(5-2)8(3)15-11-13-6-10(12)7-14-11/h6-9H,4-5H2,1-3H3,(H,13,14,15). The zero-order chi connectivity index (χ0) is 11.3.